The fourth-order valence-corrected chi connectivity index (χ4v) is 3.24. The number of rotatable bonds is 10. The SMILES string of the molecule is C=C([C@@H]1CCCCO1)[C@@H](NC(=O)CN)[C@@H](OC)[C@@H](C)CCCC. The minimum Gasteiger partial charge on any atom is -0.379 e. The molecule has 1 amide bonds. The number of nitrogens with one attached hydrogen (secondary N) is 1. The zero-order valence-electron chi connectivity index (χ0n) is 15.0. The molecule has 1 rings (SSSR count). The summed E-state index contributed by atoms with van der Waals surface area (Å²) >= 11 is 0. The van der Waals surface area contributed by atoms with Gasteiger partial charge < -0.3 is 20.5 Å². The Labute approximate surface area is 141 Å². The summed E-state index contributed by atoms with van der Waals surface area (Å²) in [6, 6.07) is -0.258. The molecule has 5 heteroatoms. The summed E-state index contributed by atoms with van der Waals surface area (Å²) in [5.74, 6) is 0.139. The molecule has 4 atom stereocenters. The number of methoxy groups -OCH3 is 1. The molecule has 0 aromatic rings. The number of hydrogen-bond donors (Lipinski definition) is 2. The smallest absolute Gasteiger partial charge is 0.234 e. The number of unbranched alkanes of at least 4 members (excludes halogenated alkanes) is 1. The molecule has 134 valence electrons. The van der Waals surface area contributed by atoms with Gasteiger partial charge in [-0.2, -0.15) is 0 Å². The van der Waals surface area contributed by atoms with Gasteiger partial charge in [-0.3, -0.25) is 4.79 Å². The summed E-state index contributed by atoms with van der Waals surface area (Å²) in [5, 5.41) is 3.00. The van der Waals surface area contributed by atoms with Crippen LogP contribution < -0.4 is 11.1 Å². The number of nitrogens with two attached hydrogens (primary N) is 1. The highest BCUT2D eigenvalue weighted by Gasteiger charge is 2.33. The van der Waals surface area contributed by atoms with Gasteiger partial charge in [0.25, 0.3) is 0 Å². The Kier molecular flexibility index (Phi) is 9.44. The van der Waals surface area contributed by atoms with E-state index in [2.05, 4.69) is 25.7 Å². The number of carbonyl (C=O) groups excluding carboxylic acids is 1. The molecule has 5 nitrogen and oxygen atoms in total. The Bertz CT molecular complexity index is 367. The monoisotopic (exact) mass is 326 g/mol. The Balaban J connectivity index is 2.86. The largest absolute Gasteiger partial charge is 0.379 e. The van der Waals surface area contributed by atoms with Gasteiger partial charge in [0, 0.05) is 13.7 Å². The van der Waals surface area contributed by atoms with Crippen LogP contribution >= 0.6 is 0 Å². The van der Waals surface area contributed by atoms with Crippen LogP contribution in [0.2, 0.25) is 0 Å². The predicted octanol–water partition coefficient (Wildman–Crippen LogP) is 2.40. The summed E-state index contributed by atoms with van der Waals surface area (Å²) in [6.45, 7) is 9.30. The van der Waals surface area contributed by atoms with E-state index in [0.717, 1.165) is 50.7 Å². The van der Waals surface area contributed by atoms with E-state index in [1.807, 2.05) is 0 Å². The van der Waals surface area contributed by atoms with E-state index in [9.17, 15) is 4.79 Å². The quantitative estimate of drug-likeness (QED) is 0.605. The van der Waals surface area contributed by atoms with Gasteiger partial charge in [0.15, 0.2) is 0 Å². The summed E-state index contributed by atoms with van der Waals surface area (Å²) in [5.41, 5.74) is 6.39. The molecule has 1 aliphatic heterocycles. The fourth-order valence-electron chi connectivity index (χ4n) is 3.24. The Morgan fingerprint density at radius 3 is 2.74 bits per heavy atom. The summed E-state index contributed by atoms with van der Waals surface area (Å²) in [6.07, 6.45) is 6.39. The average molecular weight is 326 g/mol. The van der Waals surface area contributed by atoms with E-state index in [1.54, 1.807) is 7.11 Å². The van der Waals surface area contributed by atoms with Crippen molar-refractivity contribution in [1.82, 2.24) is 5.32 Å². The predicted molar refractivity (Wildman–Crippen MR) is 93.2 cm³/mol. The third-order valence-electron chi connectivity index (χ3n) is 4.67. The molecule has 1 fully saturated rings. The molecule has 1 aliphatic rings. The molecule has 0 aromatic carbocycles. The van der Waals surface area contributed by atoms with E-state index in [1.165, 1.54) is 0 Å². The molecule has 0 bridgehead atoms. The van der Waals surface area contributed by atoms with Gasteiger partial charge >= 0.3 is 0 Å². The zero-order valence-corrected chi connectivity index (χ0v) is 15.0. The summed E-state index contributed by atoms with van der Waals surface area (Å²) in [4.78, 5) is 11.9. The molecule has 23 heavy (non-hydrogen) atoms. The maximum atomic E-state index is 11.9. The van der Waals surface area contributed by atoms with Crippen molar-refractivity contribution >= 4 is 5.91 Å². The highest BCUT2D eigenvalue weighted by Crippen LogP contribution is 2.27. The molecule has 0 spiro atoms. The fraction of sp³-hybridized carbons (Fsp3) is 0.833. The van der Waals surface area contributed by atoms with Crippen LogP contribution in [-0.4, -0.2) is 44.4 Å². The van der Waals surface area contributed by atoms with Gasteiger partial charge in [-0.1, -0.05) is 33.3 Å². The molecule has 0 radical (unpaired) electrons. The van der Waals surface area contributed by atoms with Gasteiger partial charge in [-0.05, 0) is 37.2 Å². The second-order valence-electron chi connectivity index (χ2n) is 6.50. The van der Waals surface area contributed by atoms with Crippen molar-refractivity contribution in [3.8, 4) is 0 Å². The van der Waals surface area contributed by atoms with E-state index < -0.39 is 0 Å². The minimum absolute atomic E-state index is 0.0113. The van der Waals surface area contributed by atoms with Crippen LogP contribution in [0.15, 0.2) is 12.2 Å². The van der Waals surface area contributed by atoms with Crippen molar-refractivity contribution in [2.45, 2.75) is 70.6 Å². The van der Waals surface area contributed by atoms with Gasteiger partial charge in [0.05, 0.1) is 24.8 Å². The van der Waals surface area contributed by atoms with Crippen molar-refractivity contribution in [2.24, 2.45) is 11.7 Å². The van der Waals surface area contributed by atoms with Gasteiger partial charge in [-0.25, -0.2) is 0 Å². The first-order valence-corrected chi connectivity index (χ1v) is 8.87. The first-order chi connectivity index (χ1) is 11.0. The molecule has 1 saturated heterocycles. The van der Waals surface area contributed by atoms with Crippen molar-refractivity contribution in [3.05, 3.63) is 12.2 Å². The number of ether oxygens (including phenoxy) is 2. The normalized spacial score (nSPS) is 22.2. The molecular formula is C18H34N2O3. The summed E-state index contributed by atoms with van der Waals surface area (Å²) in [7, 11) is 1.70. The van der Waals surface area contributed by atoms with Crippen LogP contribution in [0, 0.1) is 5.92 Å². The van der Waals surface area contributed by atoms with E-state index in [0.29, 0.717) is 5.92 Å². The first kappa shape index (κ1) is 20.1. The highest BCUT2D eigenvalue weighted by atomic mass is 16.5. The first-order valence-electron chi connectivity index (χ1n) is 8.87. The van der Waals surface area contributed by atoms with E-state index in [-0.39, 0.29) is 30.7 Å². The maximum Gasteiger partial charge on any atom is 0.234 e. The number of carbonyl (C=O) groups is 1. The third-order valence-corrected chi connectivity index (χ3v) is 4.67. The topological polar surface area (TPSA) is 73.6 Å². The lowest BCUT2D eigenvalue weighted by Gasteiger charge is -2.36. The highest BCUT2D eigenvalue weighted by molar-refractivity contribution is 5.78. The Morgan fingerprint density at radius 2 is 2.22 bits per heavy atom. The van der Waals surface area contributed by atoms with Crippen LogP contribution in [0.4, 0.5) is 0 Å². The second-order valence-corrected chi connectivity index (χ2v) is 6.50. The maximum absolute atomic E-state index is 11.9. The second kappa shape index (κ2) is 10.8. The van der Waals surface area contributed by atoms with Crippen LogP contribution in [0.5, 0.6) is 0 Å². The van der Waals surface area contributed by atoms with Gasteiger partial charge in [0.1, 0.15) is 0 Å². The number of amides is 1. The van der Waals surface area contributed by atoms with Crippen LogP contribution in [0.25, 0.3) is 0 Å². The van der Waals surface area contributed by atoms with Crippen LogP contribution in [-0.2, 0) is 14.3 Å². The average Bonchev–Trinajstić information content (AvgIpc) is 2.59. The molecule has 0 saturated carbocycles. The minimum atomic E-state index is -0.258. The van der Waals surface area contributed by atoms with Gasteiger partial charge in [-0.15, -0.1) is 0 Å². The number of hydrogen-bond acceptors (Lipinski definition) is 4. The van der Waals surface area contributed by atoms with E-state index in [4.69, 9.17) is 15.2 Å². The van der Waals surface area contributed by atoms with Crippen molar-refractivity contribution in [3.63, 3.8) is 0 Å². The molecular weight excluding hydrogens is 292 g/mol. The molecule has 0 aromatic heterocycles. The van der Waals surface area contributed by atoms with Crippen LogP contribution in [0.3, 0.4) is 0 Å². The Hall–Kier alpha value is -0.910. The molecule has 0 unspecified atom stereocenters. The lowest BCUT2D eigenvalue weighted by molar-refractivity contribution is -0.121. The Morgan fingerprint density at radius 1 is 1.48 bits per heavy atom. The zero-order chi connectivity index (χ0) is 17.2. The van der Waals surface area contributed by atoms with Crippen molar-refractivity contribution in [2.75, 3.05) is 20.3 Å². The molecule has 0 aliphatic carbocycles. The third kappa shape index (κ3) is 6.24. The lowest BCUT2D eigenvalue weighted by atomic mass is 9.86. The van der Waals surface area contributed by atoms with E-state index >= 15 is 0 Å². The standard InChI is InChI=1S/C18H34N2O3/c1-5-6-9-13(2)18(22-4)17(20-16(21)12-19)14(3)15-10-7-8-11-23-15/h13,15,17-18H,3,5-12,19H2,1-2,4H3,(H,20,21)/t13-,15-,17+,18-/m0/s1. The molecule has 1 heterocycles. The molecule has 3 N–H and O–H groups in total. The van der Waals surface area contributed by atoms with Crippen molar-refractivity contribution in [1.29, 1.82) is 0 Å². The van der Waals surface area contributed by atoms with Gasteiger partial charge in [0.2, 0.25) is 5.91 Å². The van der Waals surface area contributed by atoms with Crippen molar-refractivity contribution < 1.29 is 14.3 Å². The lowest BCUT2D eigenvalue weighted by Crippen LogP contribution is -2.51. The summed E-state index contributed by atoms with van der Waals surface area (Å²) < 4.78 is 11.6. The van der Waals surface area contributed by atoms with Crippen LogP contribution in [0.1, 0.15) is 52.4 Å².